The summed E-state index contributed by atoms with van der Waals surface area (Å²) < 4.78 is 5.09. The summed E-state index contributed by atoms with van der Waals surface area (Å²) >= 11 is 0. The Labute approximate surface area is 114 Å². The van der Waals surface area contributed by atoms with Gasteiger partial charge in [0, 0.05) is 6.08 Å². The summed E-state index contributed by atoms with van der Waals surface area (Å²) in [4.78, 5) is 11.4. The second-order valence-corrected chi connectivity index (χ2v) is 4.61. The molecule has 0 bridgehead atoms. The number of hydrogen-bond donors (Lipinski definition) is 1. The summed E-state index contributed by atoms with van der Waals surface area (Å²) in [6, 6.07) is 5.19. The van der Waals surface area contributed by atoms with E-state index >= 15 is 0 Å². The average molecular weight is 262 g/mol. The van der Waals surface area contributed by atoms with E-state index in [2.05, 4.69) is 6.92 Å². The zero-order chi connectivity index (χ0) is 14.1. The van der Waals surface area contributed by atoms with Crippen molar-refractivity contribution in [2.24, 2.45) is 0 Å². The fourth-order valence-electron chi connectivity index (χ4n) is 1.70. The van der Waals surface area contributed by atoms with Crippen LogP contribution >= 0.6 is 0 Å². The maximum atomic E-state index is 11.4. The van der Waals surface area contributed by atoms with Gasteiger partial charge in [-0.25, -0.2) is 4.79 Å². The van der Waals surface area contributed by atoms with Crippen LogP contribution in [0.3, 0.4) is 0 Å². The molecule has 0 amide bonds. The van der Waals surface area contributed by atoms with Crippen molar-refractivity contribution in [2.75, 3.05) is 6.61 Å². The van der Waals surface area contributed by atoms with Crippen molar-refractivity contribution in [3.8, 4) is 5.75 Å². The molecule has 0 atom stereocenters. The van der Waals surface area contributed by atoms with Gasteiger partial charge in [-0.15, -0.1) is 0 Å². The second kappa shape index (κ2) is 8.35. The number of benzene rings is 1. The predicted octanol–water partition coefficient (Wildman–Crippen LogP) is 3.84. The number of hydrogen-bond acceptors (Lipinski definition) is 3. The number of carbonyl (C=O) groups is 1. The van der Waals surface area contributed by atoms with Gasteiger partial charge in [0.25, 0.3) is 0 Å². The highest BCUT2D eigenvalue weighted by atomic mass is 16.5. The van der Waals surface area contributed by atoms with Gasteiger partial charge in [-0.05, 0) is 42.7 Å². The third-order valence-electron chi connectivity index (χ3n) is 2.87. The molecule has 0 saturated heterocycles. The molecule has 0 saturated carbocycles. The number of unbranched alkanes of at least 4 members (excludes halogenated alkanes) is 3. The number of carbonyl (C=O) groups excluding carboxylic acids is 1. The van der Waals surface area contributed by atoms with Crippen LogP contribution in [0.25, 0.3) is 6.08 Å². The zero-order valence-electron chi connectivity index (χ0n) is 11.7. The lowest BCUT2D eigenvalue weighted by Gasteiger charge is -2.02. The lowest BCUT2D eigenvalue weighted by atomic mass is 10.1. The Morgan fingerprint density at radius 2 is 2.11 bits per heavy atom. The minimum Gasteiger partial charge on any atom is -0.508 e. The fraction of sp³-hybridized carbons (Fsp3) is 0.438. The first kappa shape index (κ1) is 15.3. The summed E-state index contributed by atoms with van der Waals surface area (Å²) in [6.07, 6.45) is 7.50. The molecule has 0 aliphatic rings. The summed E-state index contributed by atoms with van der Waals surface area (Å²) in [5.41, 5.74) is 1.66. The SMILES string of the molecule is CCCCCCOC(=O)/C=C/c1ccc(O)c(C)c1. The number of esters is 1. The largest absolute Gasteiger partial charge is 0.508 e. The standard InChI is InChI=1S/C16H22O3/c1-3-4-5-6-11-19-16(18)10-8-14-7-9-15(17)13(2)12-14/h7-10,12,17H,3-6,11H2,1-2H3/b10-8+. The first-order valence-electron chi connectivity index (χ1n) is 6.78. The number of ether oxygens (including phenoxy) is 1. The zero-order valence-corrected chi connectivity index (χ0v) is 11.7. The quantitative estimate of drug-likeness (QED) is 0.461. The van der Waals surface area contributed by atoms with E-state index < -0.39 is 0 Å². The highest BCUT2D eigenvalue weighted by Crippen LogP contribution is 2.17. The van der Waals surface area contributed by atoms with E-state index in [4.69, 9.17) is 4.74 Å². The molecule has 1 aromatic rings. The van der Waals surface area contributed by atoms with Crippen molar-refractivity contribution < 1.29 is 14.6 Å². The molecule has 0 heterocycles. The van der Waals surface area contributed by atoms with Crippen LogP contribution in [0.5, 0.6) is 5.75 Å². The van der Waals surface area contributed by atoms with Gasteiger partial charge in [-0.2, -0.15) is 0 Å². The highest BCUT2D eigenvalue weighted by molar-refractivity contribution is 5.87. The summed E-state index contributed by atoms with van der Waals surface area (Å²) in [6.45, 7) is 4.45. The molecule has 1 aromatic carbocycles. The molecule has 3 nitrogen and oxygen atoms in total. The van der Waals surface area contributed by atoms with Gasteiger partial charge in [-0.1, -0.05) is 32.3 Å². The van der Waals surface area contributed by atoms with E-state index in [-0.39, 0.29) is 11.7 Å². The third-order valence-corrected chi connectivity index (χ3v) is 2.87. The first-order chi connectivity index (χ1) is 9.13. The predicted molar refractivity (Wildman–Crippen MR) is 77.0 cm³/mol. The molecular weight excluding hydrogens is 240 g/mol. The number of phenols is 1. The van der Waals surface area contributed by atoms with Crippen molar-refractivity contribution in [2.45, 2.75) is 39.5 Å². The third kappa shape index (κ3) is 6.09. The van der Waals surface area contributed by atoms with E-state index in [1.807, 2.05) is 13.0 Å². The lowest BCUT2D eigenvalue weighted by Crippen LogP contribution is -2.02. The second-order valence-electron chi connectivity index (χ2n) is 4.61. The number of aromatic hydroxyl groups is 1. The summed E-state index contributed by atoms with van der Waals surface area (Å²) in [7, 11) is 0. The molecule has 0 aliphatic heterocycles. The van der Waals surface area contributed by atoms with E-state index in [1.165, 1.54) is 18.9 Å². The first-order valence-corrected chi connectivity index (χ1v) is 6.78. The van der Waals surface area contributed by atoms with Crippen LogP contribution in [0, 0.1) is 6.92 Å². The normalized spacial score (nSPS) is 10.8. The maximum Gasteiger partial charge on any atom is 0.330 e. The van der Waals surface area contributed by atoms with Crippen LogP contribution in [-0.2, 0) is 9.53 Å². The molecule has 19 heavy (non-hydrogen) atoms. The topological polar surface area (TPSA) is 46.5 Å². The van der Waals surface area contributed by atoms with Crippen LogP contribution < -0.4 is 0 Å². The van der Waals surface area contributed by atoms with Crippen molar-refractivity contribution in [1.29, 1.82) is 0 Å². The number of rotatable bonds is 7. The molecule has 0 aromatic heterocycles. The fourth-order valence-corrected chi connectivity index (χ4v) is 1.70. The molecule has 0 unspecified atom stereocenters. The van der Waals surface area contributed by atoms with Crippen LogP contribution in [0.2, 0.25) is 0 Å². The molecule has 1 rings (SSSR count). The smallest absolute Gasteiger partial charge is 0.330 e. The van der Waals surface area contributed by atoms with Gasteiger partial charge in [0.05, 0.1) is 6.61 Å². The van der Waals surface area contributed by atoms with E-state index in [0.717, 1.165) is 24.0 Å². The van der Waals surface area contributed by atoms with Crippen LogP contribution in [0.1, 0.15) is 43.7 Å². The van der Waals surface area contributed by atoms with Crippen molar-refractivity contribution in [3.05, 3.63) is 35.4 Å². The van der Waals surface area contributed by atoms with Gasteiger partial charge in [0.15, 0.2) is 0 Å². The molecule has 104 valence electrons. The number of phenolic OH excluding ortho intramolecular Hbond substituents is 1. The van der Waals surface area contributed by atoms with Crippen LogP contribution in [0.15, 0.2) is 24.3 Å². The molecule has 0 aliphatic carbocycles. The van der Waals surface area contributed by atoms with E-state index in [9.17, 15) is 9.90 Å². The Bertz CT molecular complexity index is 436. The van der Waals surface area contributed by atoms with Crippen molar-refractivity contribution >= 4 is 12.0 Å². The van der Waals surface area contributed by atoms with Crippen LogP contribution in [0.4, 0.5) is 0 Å². The Morgan fingerprint density at radius 1 is 1.32 bits per heavy atom. The Morgan fingerprint density at radius 3 is 2.79 bits per heavy atom. The highest BCUT2D eigenvalue weighted by Gasteiger charge is 1.98. The van der Waals surface area contributed by atoms with Crippen molar-refractivity contribution in [3.63, 3.8) is 0 Å². The summed E-state index contributed by atoms with van der Waals surface area (Å²) in [5, 5.41) is 9.39. The molecular formula is C16H22O3. The minimum absolute atomic E-state index is 0.260. The van der Waals surface area contributed by atoms with Crippen LogP contribution in [-0.4, -0.2) is 17.7 Å². The van der Waals surface area contributed by atoms with E-state index in [0.29, 0.717) is 6.61 Å². The molecule has 3 heteroatoms. The molecule has 0 radical (unpaired) electrons. The molecule has 0 spiro atoms. The minimum atomic E-state index is -0.317. The van der Waals surface area contributed by atoms with Gasteiger partial charge in [0.2, 0.25) is 0 Å². The maximum absolute atomic E-state index is 11.4. The Balaban J connectivity index is 2.34. The van der Waals surface area contributed by atoms with E-state index in [1.54, 1.807) is 18.2 Å². The molecule has 1 N–H and O–H groups in total. The van der Waals surface area contributed by atoms with Gasteiger partial charge in [-0.3, -0.25) is 0 Å². The number of aryl methyl sites for hydroxylation is 1. The van der Waals surface area contributed by atoms with Crippen molar-refractivity contribution in [1.82, 2.24) is 0 Å². The average Bonchev–Trinajstić information content (AvgIpc) is 2.40. The van der Waals surface area contributed by atoms with Gasteiger partial charge >= 0.3 is 5.97 Å². The molecule has 0 fully saturated rings. The monoisotopic (exact) mass is 262 g/mol. The van der Waals surface area contributed by atoms with Gasteiger partial charge < -0.3 is 9.84 Å². The lowest BCUT2D eigenvalue weighted by molar-refractivity contribution is -0.137. The summed E-state index contributed by atoms with van der Waals surface area (Å²) in [5.74, 6) is -0.0575. The Kier molecular flexibility index (Phi) is 6.72. The van der Waals surface area contributed by atoms with Gasteiger partial charge in [0.1, 0.15) is 5.75 Å². The Hall–Kier alpha value is -1.77.